The van der Waals surface area contributed by atoms with Crippen molar-refractivity contribution in [2.75, 3.05) is 5.32 Å². The Morgan fingerprint density at radius 3 is 3.06 bits per heavy atom. The molecular formula is C13H13N5. The van der Waals surface area contributed by atoms with Crippen LogP contribution in [0.5, 0.6) is 0 Å². The molecule has 0 saturated heterocycles. The smallest absolute Gasteiger partial charge is 0.148 e. The van der Waals surface area contributed by atoms with Gasteiger partial charge >= 0.3 is 0 Å². The van der Waals surface area contributed by atoms with Gasteiger partial charge in [-0.1, -0.05) is 6.07 Å². The van der Waals surface area contributed by atoms with Crippen molar-refractivity contribution in [2.24, 2.45) is 0 Å². The molecule has 3 aromatic rings. The van der Waals surface area contributed by atoms with Crippen LogP contribution in [-0.4, -0.2) is 26.2 Å². The Kier molecular flexibility index (Phi) is 1.94. The summed E-state index contributed by atoms with van der Waals surface area (Å²) in [5, 5.41) is 10.7. The molecule has 90 valence electrons. The van der Waals surface area contributed by atoms with Gasteiger partial charge in [0.15, 0.2) is 0 Å². The van der Waals surface area contributed by atoms with Crippen LogP contribution in [0.4, 0.5) is 5.82 Å². The number of rotatable bonds is 3. The first-order valence-corrected chi connectivity index (χ1v) is 6.14. The number of H-pyrrole nitrogens is 2. The summed E-state index contributed by atoms with van der Waals surface area (Å²) in [7, 11) is 0. The number of benzene rings is 1. The summed E-state index contributed by atoms with van der Waals surface area (Å²) in [5.41, 5.74) is 4.16. The lowest BCUT2D eigenvalue weighted by Crippen LogP contribution is -2.00. The maximum Gasteiger partial charge on any atom is 0.148 e. The SMILES string of the molecule is c1nc2ccc(-c3cc(NC4CC4)n[nH]3)cc2[nH]1. The fourth-order valence-corrected chi connectivity index (χ4v) is 2.08. The first-order valence-electron chi connectivity index (χ1n) is 6.14. The van der Waals surface area contributed by atoms with E-state index in [-0.39, 0.29) is 0 Å². The van der Waals surface area contributed by atoms with Crippen LogP contribution in [-0.2, 0) is 0 Å². The third-order valence-electron chi connectivity index (χ3n) is 3.24. The van der Waals surface area contributed by atoms with Crippen LogP contribution in [0.25, 0.3) is 22.3 Å². The second-order valence-electron chi connectivity index (χ2n) is 4.72. The number of aromatic amines is 2. The molecule has 0 aliphatic heterocycles. The van der Waals surface area contributed by atoms with Crippen molar-refractivity contribution in [1.29, 1.82) is 0 Å². The Morgan fingerprint density at radius 1 is 1.22 bits per heavy atom. The molecule has 1 aromatic carbocycles. The minimum Gasteiger partial charge on any atom is -0.366 e. The summed E-state index contributed by atoms with van der Waals surface area (Å²) >= 11 is 0. The average Bonchev–Trinajstić information content (AvgIpc) is 2.91. The topological polar surface area (TPSA) is 69.4 Å². The minimum atomic E-state index is 0.622. The van der Waals surface area contributed by atoms with Gasteiger partial charge in [0, 0.05) is 17.7 Å². The summed E-state index contributed by atoms with van der Waals surface area (Å²) in [6.07, 6.45) is 4.21. The minimum absolute atomic E-state index is 0.622. The molecule has 1 fully saturated rings. The van der Waals surface area contributed by atoms with Crippen LogP contribution in [0.3, 0.4) is 0 Å². The summed E-state index contributed by atoms with van der Waals surface area (Å²) in [4.78, 5) is 7.33. The molecule has 0 bridgehead atoms. The van der Waals surface area contributed by atoms with E-state index in [2.05, 4.69) is 43.7 Å². The molecule has 2 heterocycles. The van der Waals surface area contributed by atoms with E-state index in [1.165, 1.54) is 12.8 Å². The molecule has 0 amide bonds. The maximum atomic E-state index is 4.28. The Balaban J connectivity index is 1.69. The highest BCUT2D eigenvalue weighted by Gasteiger charge is 2.21. The van der Waals surface area contributed by atoms with Crippen molar-refractivity contribution in [1.82, 2.24) is 20.2 Å². The molecule has 2 aromatic heterocycles. The van der Waals surface area contributed by atoms with Crippen LogP contribution in [0.2, 0.25) is 0 Å². The molecular weight excluding hydrogens is 226 g/mol. The zero-order valence-corrected chi connectivity index (χ0v) is 9.77. The van der Waals surface area contributed by atoms with Crippen molar-refractivity contribution < 1.29 is 0 Å². The molecule has 0 spiro atoms. The molecule has 18 heavy (non-hydrogen) atoms. The van der Waals surface area contributed by atoms with Crippen LogP contribution >= 0.6 is 0 Å². The molecule has 5 heteroatoms. The lowest BCUT2D eigenvalue weighted by Gasteiger charge is -1.97. The third-order valence-corrected chi connectivity index (χ3v) is 3.24. The van der Waals surface area contributed by atoms with Gasteiger partial charge in [0.05, 0.1) is 23.1 Å². The van der Waals surface area contributed by atoms with E-state index in [0.29, 0.717) is 6.04 Å². The first kappa shape index (κ1) is 9.70. The summed E-state index contributed by atoms with van der Waals surface area (Å²) in [6.45, 7) is 0. The molecule has 0 atom stereocenters. The normalized spacial score (nSPS) is 15.1. The van der Waals surface area contributed by atoms with Crippen LogP contribution in [0.15, 0.2) is 30.6 Å². The summed E-state index contributed by atoms with van der Waals surface area (Å²) in [6, 6.07) is 8.82. The highest BCUT2D eigenvalue weighted by Crippen LogP contribution is 2.27. The van der Waals surface area contributed by atoms with Crippen molar-refractivity contribution in [3.63, 3.8) is 0 Å². The average molecular weight is 239 g/mol. The highest BCUT2D eigenvalue weighted by molar-refractivity contribution is 5.81. The van der Waals surface area contributed by atoms with Crippen molar-refractivity contribution in [3.8, 4) is 11.3 Å². The molecule has 1 aliphatic carbocycles. The standard InChI is InChI=1S/C13H13N5/c1-4-10-12(15-7-14-10)5-8(1)11-6-13(18-17-11)16-9-2-3-9/h1,4-7,9H,2-3H2,(H,14,15)(H2,16,17,18). The van der Waals surface area contributed by atoms with E-state index in [4.69, 9.17) is 0 Å². The summed E-state index contributed by atoms with van der Waals surface area (Å²) in [5.74, 6) is 0.928. The van der Waals surface area contributed by atoms with Gasteiger partial charge in [-0.25, -0.2) is 4.98 Å². The van der Waals surface area contributed by atoms with Gasteiger partial charge in [0.1, 0.15) is 5.82 Å². The number of nitrogens with zero attached hydrogens (tertiary/aromatic N) is 2. The number of imidazole rings is 1. The number of anilines is 1. The number of fused-ring (bicyclic) bond motifs is 1. The van der Waals surface area contributed by atoms with E-state index in [0.717, 1.165) is 28.1 Å². The largest absolute Gasteiger partial charge is 0.366 e. The zero-order chi connectivity index (χ0) is 11.9. The first-order chi connectivity index (χ1) is 8.88. The van der Waals surface area contributed by atoms with Gasteiger partial charge < -0.3 is 10.3 Å². The van der Waals surface area contributed by atoms with E-state index in [1.807, 2.05) is 6.07 Å². The van der Waals surface area contributed by atoms with Gasteiger partial charge in [-0.2, -0.15) is 5.10 Å². The van der Waals surface area contributed by atoms with Crippen molar-refractivity contribution >= 4 is 16.9 Å². The predicted octanol–water partition coefficient (Wildman–Crippen LogP) is 2.53. The Bertz CT molecular complexity index is 692. The number of aromatic nitrogens is 4. The van der Waals surface area contributed by atoms with Crippen LogP contribution < -0.4 is 5.32 Å². The van der Waals surface area contributed by atoms with E-state index in [1.54, 1.807) is 6.33 Å². The molecule has 1 aliphatic rings. The fourth-order valence-electron chi connectivity index (χ4n) is 2.08. The van der Waals surface area contributed by atoms with Crippen molar-refractivity contribution in [3.05, 3.63) is 30.6 Å². The Hall–Kier alpha value is -2.30. The number of hydrogen-bond donors (Lipinski definition) is 3. The summed E-state index contributed by atoms with van der Waals surface area (Å²) < 4.78 is 0. The van der Waals surface area contributed by atoms with Gasteiger partial charge in [-0.05, 0) is 25.0 Å². The van der Waals surface area contributed by atoms with E-state index < -0.39 is 0 Å². The molecule has 5 nitrogen and oxygen atoms in total. The molecule has 0 unspecified atom stereocenters. The third kappa shape index (κ3) is 1.64. The highest BCUT2D eigenvalue weighted by atomic mass is 15.2. The van der Waals surface area contributed by atoms with Gasteiger partial charge in [0.25, 0.3) is 0 Å². The lowest BCUT2D eigenvalue weighted by molar-refractivity contribution is 1.05. The Labute approximate surface area is 104 Å². The van der Waals surface area contributed by atoms with Gasteiger partial charge in [-0.15, -0.1) is 0 Å². The van der Waals surface area contributed by atoms with Gasteiger partial charge in [-0.3, -0.25) is 5.10 Å². The van der Waals surface area contributed by atoms with Crippen LogP contribution in [0.1, 0.15) is 12.8 Å². The molecule has 1 saturated carbocycles. The van der Waals surface area contributed by atoms with Crippen LogP contribution in [0, 0.1) is 0 Å². The fraction of sp³-hybridized carbons (Fsp3) is 0.231. The second kappa shape index (κ2) is 3.60. The molecule has 4 rings (SSSR count). The van der Waals surface area contributed by atoms with Crippen molar-refractivity contribution in [2.45, 2.75) is 18.9 Å². The number of nitrogens with one attached hydrogen (secondary N) is 3. The zero-order valence-electron chi connectivity index (χ0n) is 9.77. The predicted molar refractivity (Wildman–Crippen MR) is 70.3 cm³/mol. The quantitative estimate of drug-likeness (QED) is 0.657. The monoisotopic (exact) mass is 239 g/mol. The second-order valence-corrected chi connectivity index (χ2v) is 4.72. The lowest BCUT2D eigenvalue weighted by atomic mass is 10.1. The van der Waals surface area contributed by atoms with E-state index in [9.17, 15) is 0 Å². The Morgan fingerprint density at radius 2 is 2.17 bits per heavy atom. The maximum absolute atomic E-state index is 4.28. The molecule has 0 radical (unpaired) electrons. The number of hydrogen-bond acceptors (Lipinski definition) is 3. The van der Waals surface area contributed by atoms with E-state index >= 15 is 0 Å². The van der Waals surface area contributed by atoms with Gasteiger partial charge in [0.2, 0.25) is 0 Å². The molecule has 3 N–H and O–H groups in total.